The zero-order valence-corrected chi connectivity index (χ0v) is 10.6. The van der Waals surface area contributed by atoms with E-state index in [1.165, 1.54) is 6.92 Å². The van der Waals surface area contributed by atoms with Gasteiger partial charge in [-0.25, -0.2) is 4.79 Å². The van der Waals surface area contributed by atoms with Crippen molar-refractivity contribution in [1.29, 1.82) is 0 Å². The first-order chi connectivity index (χ1) is 7.61. The fraction of sp³-hybridized carbons (Fsp3) is 0.727. The Kier molecular flexibility index (Phi) is 5.64. The molecule has 0 heterocycles. The summed E-state index contributed by atoms with van der Waals surface area (Å²) in [6.07, 6.45) is -0.604. The lowest BCUT2D eigenvalue weighted by molar-refractivity contribution is -0.138. The van der Waals surface area contributed by atoms with Gasteiger partial charge in [0.15, 0.2) is 0 Å². The van der Waals surface area contributed by atoms with E-state index in [4.69, 9.17) is 9.84 Å². The summed E-state index contributed by atoms with van der Waals surface area (Å²) in [6.45, 7) is 6.03. The number of hydrogen-bond acceptors (Lipinski definition) is 4. The van der Waals surface area contributed by atoms with E-state index in [0.717, 1.165) is 4.90 Å². The van der Waals surface area contributed by atoms with Gasteiger partial charge in [0, 0.05) is 13.0 Å². The van der Waals surface area contributed by atoms with Crippen LogP contribution in [0.25, 0.3) is 0 Å². The summed E-state index contributed by atoms with van der Waals surface area (Å²) in [7, 11) is 0. The first-order valence-electron chi connectivity index (χ1n) is 5.31. The van der Waals surface area contributed by atoms with Crippen LogP contribution in [0.3, 0.4) is 0 Å². The van der Waals surface area contributed by atoms with Crippen molar-refractivity contribution in [2.24, 2.45) is 0 Å². The lowest BCUT2D eigenvalue weighted by Gasteiger charge is -2.26. The van der Waals surface area contributed by atoms with Gasteiger partial charge in [-0.15, -0.1) is 0 Å². The molecule has 0 aliphatic carbocycles. The van der Waals surface area contributed by atoms with E-state index < -0.39 is 24.2 Å². The summed E-state index contributed by atoms with van der Waals surface area (Å²) >= 11 is 0. The molecule has 6 nitrogen and oxygen atoms in total. The number of carboxylic acid groups (broad SMARTS) is 1. The number of rotatable bonds is 5. The lowest BCUT2D eigenvalue weighted by atomic mass is 10.2. The molecule has 0 spiro atoms. The van der Waals surface area contributed by atoms with E-state index >= 15 is 0 Å². The van der Waals surface area contributed by atoms with Crippen LogP contribution in [0.15, 0.2) is 0 Å². The van der Waals surface area contributed by atoms with Crippen molar-refractivity contribution < 1.29 is 24.2 Å². The van der Waals surface area contributed by atoms with Crippen LogP contribution < -0.4 is 0 Å². The summed E-state index contributed by atoms with van der Waals surface area (Å²) < 4.78 is 5.05. The van der Waals surface area contributed by atoms with Crippen LogP contribution in [0.4, 0.5) is 4.79 Å². The largest absolute Gasteiger partial charge is 0.480 e. The van der Waals surface area contributed by atoms with Gasteiger partial charge < -0.3 is 9.84 Å². The number of ether oxygens (including phenoxy) is 1. The molecule has 0 aromatic rings. The third-order valence-corrected chi connectivity index (χ3v) is 1.71. The number of carbonyl (C=O) groups is 3. The highest BCUT2D eigenvalue weighted by Crippen LogP contribution is 2.10. The van der Waals surface area contributed by atoms with E-state index in [1.54, 1.807) is 20.8 Å². The van der Waals surface area contributed by atoms with Crippen LogP contribution in [0.2, 0.25) is 0 Å². The van der Waals surface area contributed by atoms with Crippen LogP contribution >= 0.6 is 0 Å². The maximum Gasteiger partial charge on any atom is 0.410 e. The van der Waals surface area contributed by atoms with E-state index in [9.17, 15) is 14.4 Å². The lowest BCUT2D eigenvalue weighted by Crippen LogP contribution is -2.40. The maximum absolute atomic E-state index is 11.6. The first-order valence-corrected chi connectivity index (χ1v) is 5.31. The molecule has 0 fully saturated rings. The van der Waals surface area contributed by atoms with E-state index in [0.29, 0.717) is 0 Å². The van der Waals surface area contributed by atoms with Gasteiger partial charge in [-0.3, -0.25) is 14.5 Å². The summed E-state index contributed by atoms with van der Waals surface area (Å²) in [4.78, 5) is 34.1. The SMILES string of the molecule is CC(=O)CCN(CC(=O)O)C(=O)OC(C)(C)C. The molecule has 0 saturated heterocycles. The summed E-state index contributed by atoms with van der Waals surface area (Å²) in [6, 6.07) is 0. The highest BCUT2D eigenvalue weighted by atomic mass is 16.6. The molecule has 0 aromatic carbocycles. The number of aliphatic carboxylic acids is 1. The summed E-state index contributed by atoms with van der Waals surface area (Å²) in [5, 5.41) is 8.66. The van der Waals surface area contributed by atoms with Crippen LogP contribution in [0, 0.1) is 0 Å². The Balaban J connectivity index is 4.50. The molecule has 6 heteroatoms. The van der Waals surface area contributed by atoms with Gasteiger partial charge in [-0.1, -0.05) is 0 Å². The van der Waals surface area contributed by atoms with Gasteiger partial charge in [0.2, 0.25) is 0 Å². The molecule has 1 amide bonds. The van der Waals surface area contributed by atoms with E-state index in [-0.39, 0.29) is 18.7 Å². The maximum atomic E-state index is 11.6. The first kappa shape index (κ1) is 15.4. The molecule has 1 N–H and O–H groups in total. The molecular weight excluding hydrogens is 226 g/mol. The molecule has 0 aromatic heterocycles. The summed E-state index contributed by atoms with van der Waals surface area (Å²) in [5.74, 6) is -1.25. The highest BCUT2D eigenvalue weighted by molar-refractivity contribution is 5.79. The second-order valence-corrected chi connectivity index (χ2v) is 4.75. The molecule has 0 radical (unpaired) electrons. The predicted molar refractivity (Wildman–Crippen MR) is 60.7 cm³/mol. The number of Topliss-reactive ketones (excluding diaryl/α,β-unsaturated/α-hetero) is 1. The third kappa shape index (κ3) is 8.24. The minimum absolute atomic E-state index is 0.0521. The van der Waals surface area contributed by atoms with Gasteiger partial charge >= 0.3 is 12.1 Å². The van der Waals surface area contributed by atoms with Crippen molar-refractivity contribution in [3.63, 3.8) is 0 Å². The van der Waals surface area contributed by atoms with Gasteiger partial charge in [-0.05, 0) is 27.7 Å². The molecule has 0 rings (SSSR count). The third-order valence-electron chi connectivity index (χ3n) is 1.71. The zero-order valence-electron chi connectivity index (χ0n) is 10.6. The monoisotopic (exact) mass is 245 g/mol. The Morgan fingerprint density at radius 1 is 1.24 bits per heavy atom. The molecule has 0 atom stereocenters. The van der Waals surface area contributed by atoms with Crippen molar-refractivity contribution in [2.75, 3.05) is 13.1 Å². The standard InChI is InChI=1S/C11H19NO5/c1-8(13)5-6-12(7-9(14)15)10(16)17-11(2,3)4/h5-7H2,1-4H3,(H,14,15). The minimum Gasteiger partial charge on any atom is -0.480 e. The number of hydrogen-bond donors (Lipinski definition) is 1. The predicted octanol–water partition coefficient (Wildman–Crippen LogP) is 1.29. The fourth-order valence-electron chi connectivity index (χ4n) is 1.02. The molecule has 0 aliphatic heterocycles. The molecule has 0 saturated carbocycles. The Hall–Kier alpha value is -1.59. The average Bonchev–Trinajstić information content (AvgIpc) is 2.08. The van der Waals surface area contributed by atoms with E-state index in [2.05, 4.69) is 0 Å². The van der Waals surface area contributed by atoms with Gasteiger partial charge in [0.25, 0.3) is 0 Å². The average molecular weight is 245 g/mol. The smallest absolute Gasteiger partial charge is 0.410 e. The van der Waals surface area contributed by atoms with Crippen LogP contribution in [0.1, 0.15) is 34.1 Å². The van der Waals surface area contributed by atoms with Gasteiger partial charge in [0.05, 0.1) is 0 Å². The quantitative estimate of drug-likeness (QED) is 0.788. The number of carboxylic acids is 1. The fourth-order valence-corrected chi connectivity index (χ4v) is 1.02. The number of amides is 1. The van der Waals surface area contributed by atoms with Crippen LogP contribution in [0.5, 0.6) is 0 Å². The Bertz CT molecular complexity index is 305. The van der Waals surface area contributed by atoms with Crippen molar-refractivity contribution in [3.05, 3.63) is 0 Å². The molecule has 0 bridgehead atoms. The van der Waals surface area contributed by atoms with Crippen molar-refractivity contribution in [2.45, 2.75) is 39.7 Å². The topological polar surface area (TPSA) is 83.9 Å². The Morgan fingerprint density at radius 3 is 2.12 bits per heavy atom. The molecule has 17 heavy (non-hydrogen) atoms. The van der Waals surface area contributed by atoms with E-state index in [1.807, 2.05) is 0 Å². The second kappa shape index (κ2) is 6.22. The molecule has 98 valence electrons. The van der Waals surface area contributed by atoms with Crippen molar-refractivity contribution in [1.82, 2.24) is 4.90 Å². The van der Waals surface area contributed by atoms with Crippen molar-refractivity contribution >= 4 is 17.8 Å². The number of nitrogens with zero attached hydrogens (tertiary/aromatic N) is 1. The van der Waals surface area contributed by atoms with Crippen LogP contribution in [-0.2, 0) is 14.3 Å². The zero-order chi connectivity index (χ0) is 13.6. The highest BCUT2D eigenvalue weighted by Gasteiger charge is 2.23. The molecular formula is C11H19NO5. The normalized spacial score (nSPS) is 10.8. The van der Waals surface area contributed by atoms with Crippen molar-refractivity contribution in [3.8, 4) is 0 Å². The van der Waals surface area contributed by atoms with Crippen LogP contribution in [-0.4, -0.2) is 46.5 Å². The second-order valence-electron chi connectivity index (χ2n) is 4.75. The number of carbonyl (C=O) groups excluding carboxylic acids is 2. The van der Waals surface area contributed by atoms with Gasteiger partial charge in [-0.2, -0.15) is 0 Å². The van der Waals surface area contributed by atoms with Gasteiger partial charge in [0.1, 0.15) is 17.9 Å². The summed E-state index contributed by atoms with van der Waals surface area (Å²) in [5.41, 5.74) is -0.690. The Morgan fingerprint density at radius 2 is 1.76 bits per heavy atom. The molecule has 0 unspecified atom stereocenters. The number of ketones is 1. The Labute approximate surface area is 101 Å². The minimum atomic E-state index is -1.14. The molecule has 0 aliphatic rings.